The molecular weight excluding hydrogens is 266 g/mol. The standard InChI is InChI=1S/C13H12ClN3O2/c1-7-4-5-16-12(14)11(7)17-13(19)8-2-3-9(15)10(18)6-8/h2-6,18H,15H2,1H3,(H,17,19). The SMILES string of the molecule is Cc1ccnc(Cl)c1NC(=O)c1ccc(N)c(O)c1. The van der Waals surface area contributed by atoms with E-state index >= 15 is 0 Å². The lowest BCUT2D eigenvalue weighted by molar-refractivity contribution is 0.102. The van der Waals surface area contributed by atoms with Crippen molar-refractivity contribution in [1.29, 1.82) is 0 Å². The molecule has 98 valence electrons. The molecule has 0 bridgehead atoms. The number of rotatable bonds is 2. The highest BCUT2D eigenvalue weighted by molar-refractivity contribution is 6.32. The van der Waals surface area contributed by atoms with E-state index in [1.54, 1.807) is 12.3 Å². The van der Waals surface area contributed by atoms with Crippen LogP contribution < -0.4 is 11.1 Å². The predicted molar refractivity (Wildman–Crippen MR) is 74.5 cm³/mol. The van der Waals surface area contributed by atoms with Crippen molar-refractivity contribution in [2.75, 3.05) is 11.1 Å². The van der Waals surface area contributed by atoms with Gasteiger partial charge in [0.25, 0.3) is 5.91 Å². The van der Waals surface area contributed by atoms with E-state index in [1.807, 2.05) is 6.92 Å². The molecule has 0 aliphatic heterocycles. The van der Waals surface area contributed by atoms with Crippen LogP contribution in [0.1, 0.15) is 15.9 Å². The van der Waals surface area contributed by atoms with E-state index in [-0.39, 0.29) is 22.2 Å². The number of hydrogen-bond donors (Lipinski definition) is 3. The molecule has 4 N–H and O–H groups in total. The molecule has 1 heterocycles. The summed E-state index contributed by atoms with van der Waals surface area (Å²) >= 11 is 5.92. The summed E-state index contributed by atoms with van der Waals surface area (Å²) in [5.41, 5.74) is 7.22. The maximum absolute atomic E-state index is 12.0. The number of hydrogen-bond acceptors (Lipinski definition) is 4. The Balaban J connectivity index is 2.28. The molecule has 2 rings (SSSR count). The van der Waals surface area contributed by atoms with Crippen LogP contribution >= 0.6 is 11.6 Å². The molecule has 0 aliphatic carbocycles. The zero-order chi connectivity index (χ0) is 14.0. The van der Waals surface area contributed by atoms with Crippen LogP contribution in [-0.2, 0) is 0 Å². The Morgan fingerprint density at radius 3 is 2.79 bits per heavy atom. The number of nitrogens with one attached hydrogen (secondary N) is 1. The van der Waals surface area contributed by atoms with Crippen LogP contribution in [0, 0.1) is 6.92 Å². The van der Waals surface area contributed by atoms with Crippen molar-refractivity contribution in [3.63, 3.8) is 0 Å². The van der Waals surface area contributed by atoms with Crippen LogP contribution in [-0.4, -0.2) is 16.0 Å². The quantitative estimate of drug-likeness (QED) is 0.447. The van der Waals surface area contributed by atoms with Crippen LogP contribution in [0.3, 0.4) is 0 Å². The first-order valence-electron chi connectivity index (χ1n) is 5.50. The highest BCUT2D eigenvalue weighted by Gasteiger charge is 2.12. The number of halogens is 1. The number of anilines is 2. The van der Waals surface area contributed by atoms with Gasteiger partial charge in [0.1, 0.15) is 5.75 Å². The van der Waals surface area contributed by atoms with Crippen LogP contribution in [0.4, 0.5) is 11.4 Å². The Kier molecular flexibility index (Phi) is 3.57. The molecule has 1 amide bonds. The molecule has 0 radical (unpaired) electrons. The first-order valence-corrected chi connectivity index (χ1v) is 5.88. The first-order chi connectivity index (χ1) is 8.99. The number of aryl methyl sites for hydroxylation is 1. The van der Waals surface area contributed by atoms with Gasteiger partial charge >= 0.3 is 0 Å². The molecule has 0 saturated heterocycles. The second-order valence-corrected chi connectivity index (χ2v) is 4.38. The number of carbonyl (C=O) groups is 1. The Morgan fingerprint density at radius 1 is 1.42 bits per heavy atom. The molecule has 0 fully saturated rings. The van der Waals surface area contributed by atoms with Crippen LogP contribution in [0.5, 0.6) is 5.75 Å². The molecule has 0 saturated carbocycles. The van der Waals surface area contributed by atoms with Gasteiger partial charge in [0.15, 0.2) is 5.15 Å². The fourth-order valence-corrected chi connectivity index (χ4v) is 1.80. The average Bonchev–Trinajstić information content (AvgIpc) is 2.37. The Hall–Kier alpha value is -2.27. The van der Waals surface area contributed by atoms with E-state index in [1.165, 1.54) is 18.2 Å². The number of nitrogen functional groups attached to an aromatic ring is 1. The molecule has 19 heavy (non-hydrogen) atoms. The molecule has 0 atom stereocenters. The van der Waals surface area contributed by atoms with Crippen molar-refractivity contribution >= 4 is 28.9 Å². The number of benzene rings is 1. The third-order valence-corrected chi connectivity index (χ3v) is 2.93. The third-order valence-electron chi connectivity index (χ3n) is 2.64. The monoisotopic (exact) mass is 277 g/mol. The summed E-state index contributed by atoms with van der Waals surface area (Å²) in [4.78, 5) is 15.9. The van der Waals surface area contributed by atoms with E-state index in [2.05, 4.69) is 10.3 Å². The molecule has 6 heteroatoms. The van der Waals surface area contributed by atoms with Crippen molar-refractivity contribution in [3.05, 3.63) is 46.7 Å². The number of nitrogens with zero attached hydrogens (tertiary/aromatic N) is 1. The molecular formula is C13H12ClN3O2. The molecule has 2 aromatic rings. The minimum Gasteiger partial charge on any atom is -0.506 e. The summed E-state index contributed by atoms with van der Waals surface area (Å²) < 4.78 is 0. The van der Waals surface area contributed by atoms with Crippen molar-refractivity contribution in [3.8, 4) is 5.75 Å². The smallest absolute Gasteiger partial charge is 0.255 e. The number of aromatic hydroxyl groups is 1. The lowest BCUT2D eigenvalue weighted by atomic mass is 10.1. The van der Waals surface area contributed by atoms with Gasteiger partial charge in [0, 0.05) is 11.8 Å². The van der Waals surface area contributed by atoms with Crippen molar-refractivity contribution in [1.82, 2.24) is 4.98 Å². The third kappa shape index (κ3) is 2.77. The number of nitrogens with two attached hydrogens (primary N) is 1. The van der Waals surface area contributed by atoms with E-state index < -0.39 is 5.91 Å². The largest absolute Gasteiger partial charge is 0.506 e. The van der Waals surface area contributed by atoms with Crippen molar-refractivity contribution in [2.24, 2.45) is 0 Å². The first kappa shape index (κ1) is 13.2. The zero-order valence-corrected chi connectivity index (χ0v) is 10.9. The Morgan fingerprint density at radius 2 is 2.16 bits per heavy atom. The number of phenolic OH excluding ortho intramolecular Hbond substituents is 1. The lowest BCUT2D eigenvalue weighted by Gasteiger charge is -2.10. The number of phenols is 1. The second kappa shape index (κ2) is 5.16. The summed E-state index contributed by atoms with van der Waals surface area (Å²) in [6, 6.07) is 6.01. The number of aromatic nitrogens is 1. The summed E-state index contributed by atoms with van der Waals surface area (Å²) in [6.07, 6.45) is 1.56. The summed E-state index contributed by atoms with van der Waals surface area (Å²) in [5, 5.41) is 12.4. The minimum absolute atomic E-state index is 0.137. The van der Waals surface area contributed by atoms with Gasteiger partial charge in [-0.25, -0.2) is 4.98 Å². The molecule has 0 aliphatic rings. The highest BCUT2D eigenvalue weighted by atomic mass is 35.5. The van der Waals surface area contributed by atoms with Crippen molar-refractivity contribution in [2.45, 2.75) is 6.92 Å². The van der Waals surface area contributed by atoms with Crippen molar-refractivity contribution < 1.29 is 9.90 Å². The minimum atomic E-state index is -0.395. The second-order valence-electron chi connectivity index (χ2n) is 4.02. The summed E-state index contributed by atoms with van der Waals surface area (Å²) in [6.45, 7) is 1.81. The number of amides is 1. The fourth-order valence-electron chi connectivity index (χ4n) is 1.55. The Bertz CT molecular complexity index is 624. The van der Waals surface area contributed by atoms with Gasteiger partial charge in [-0.05, 0) is 36.8 Å². The summed E-state index contributed by atoms with van der Waals surface area (Å²) in [7, 11) is 0. The van der Waals surface area contributed by atoms with E-state index in [0.717, 1.165) is 5.56 Å². The number of pyridine rings is 1. The van der Waals surface area contributed by atoms with Gasteiger partial charge in [0.2, 0.25) is 0 Å². The van der Waals surface area contributed by atoms with Gasteiger partial charge < -0.3 is 16.2 Å². The topological polar surface area (TPSA) is 88.2 Å². The van der Waals surface area contributed by atoms with Gasteiger partial charge in [-0.15, -0.1) is 0 Å². The zero-order valence-electron chi connectivity index (χ0n) is 10.1. The van der Waals surface area contributed by atoms with E-state index in [9.17, 15) is 9.90 Å². The van der Waals surface area contributed by atoms with Gasteiger partial charge in [0.05, 0.1) is 11.4 Å². The van der Waals surface area contributed by atoms with E-state index in [4.69, 9.17) is 17.3 Å². The normalized spacial score (nSPS) is 10.2. The van der Waals surface area contributed by atoms with Crippen LogP contribution in [0.2, 0.25) is 5.15 Å². The predicted octanol–water partition coefficient (Wildman–Crippen LogP) is 2.58. The maximum atomic E-state index is 12.0. The van der Waals surface area contributed by atoms with Crippen LogP contribution in [0.15, 0.2) is 30.5 Å². The average molecular weight is 278 g/mol. The molecule has 0 spiro atoms. The van der Waals surface area contributed by atoms with E-state index in [0.29, 0.717) is 5.69 Å². The summed E-state index contributed by atoms with van der Waals surface area (Å²) in [5.74, 6) is -0.532. The fraction of sp³-hybridized carbons (Fsp3) is 0.0769. The molecule has 1 aromatic carbocycles. The lowest BCUT2D eigenvalue weighted by Crippen LogP contribution is -2.13. The van der Waals surface area contributed by atoms with Gasteiger partial charge in [-0.1, -0.05) is 11.6 Å². The van der Waals surface area contributed by atoms with Gasteiger partial charge in [-0.2, -0.15) is 0 Å². The van der Waals surface area contributed by atoms with Gasteiger partial charge in [-0.3, -0.25) is 4.79 Å². The molecule has 1 aromatic heterocycles. The molecule has 5 nitrogen and oxygen atoms in total. The number of carbonyl (C=O) groups excluding carboxylic acids is 1. The van der Waals surface area contributed by atoms with Crippen LogP contribution in [0.25, 0.3) is 0 Å². The molecule has 0 unspecified atom stereocenters. The maximum Gasteiger partial charge on any atom is 0.255 e. The Labute approximate surface area is 115 Å². The highest BCUT2D eigenvalue weighted by Crippen LogP contribution is 2.25.